The van der Waals surface area contributed by atoms with Gasteiger partial charge >= 0.3 is 0 Å². The van der Waals surface area contributed by atoms with Crippen molar-refractivity contribution < 1.29 is 0 Å². The van der Waals surface area contributed by atoms with Crippen LogP contribution in [0.2, 0.25) is 0 Å². The maximum atomic E-state index is 5.44. The minimum absolute atomic E-state index is 0.115. The highest BCUT2D eigenvalue weighted by Gasteiger charge is 2.29. The first-order valence-corrected chi connectivity index (χ1v) is 16.0. The molecule has 3 heterocycles. The Morgan fingerprint density at radius 2 is 1.33 bits per heavy atom. The van der Waals surface area contributed by atoms with Crippen molar-refractivity contribution in [2.45, 2.75) is 31.7 Å². The third-order valence-electron chi connectivity index (χ3n) is 9.67. The van der Waals surface area contributed by atoms with Crippen LogP contribution < -0.4 is 0 Å². The average molecular weight is 583 g/mol. The number of nitrogens with zero attached hydrogens (tertiary/aromatic N) is 4. The number of hydrogen-bond donors (Lipinski definition) is 0. The molecule has 218 valence electrons. The second-order valence-corrected chi connectivity index (χ2v) is 12.3. The summed E-state index contributed by atoms with van der Waals surface area (Å²) >= 11 is 0. The molecule has 0 amide bonds. The fourth-order valence-electron chi connectivity index (χ4n) is 7.50. The van der Waals surface area contributed by atoms with Gasteiger partial charge < -0.3 is 9.47 Å². The number of fused-ring (bicyclic) bond motifs is 6. The zero-order valence-corrected chi connectivity index (χ0v) is 25.4. The maximum Gasteiger partial charge on any atom is 0.211 e. The number of rotatable bonds is 3. The van der Waals surface area contributed by atoms with Gasteiger partial charge in [-0.2, -0.15) is 0 Å². The van der Waals surface area contributed by atoms with Gasteiger partial charge in [-0.1, -0.05) is 91.1 Å². The second kappa shape index (κ2) is 10.4. The molecule has 9 rings (SSSR count). The van der Waals surface area contributed by atoms with E-state index in [0.29, 0.717) is 0 Å². The standard InChI is InChI=1S/C41H34N4/c1-43-40(29-16-6-3-7-17-29)27-35(28-14-4-2-5-15-28)42-41(43)45-38-23-13-10-20-33(38)34-26-30(24-25-39(34)45)44-36-21-11-8-18-31(36)32-19-9-12-22-37(32)44/h2,4,6,8-14,16-27,40H,3,5,7,15H2,1H3. The summed E-state index contributed by atoms with van der Waals surface area (Å²) in [4.78, 5) is 7.79. The van der Waals surface area contributed by atoms with E-state index in [1.165, 1.54) is 49.2 Å². The summed E-state index contributed by atoms with van der Waals surface area (Å²) in [5, 5.41) is 5.01. The second-order valence-electron chi connectivity index (χ2n) is 12.3. The van der Waals surface area contributed by atoms with Crippen LogP contribution in [0, 0.1) is 0 Å². The van der Waals surface area contributed by atoms with E-state index in [4.69, 9.17) is 4.99 Å². The molecule has 4 heteroatoms. The van der Waals surface area contributed by atoms with Crippen molar-refractivity contribution in [1.29, 1.82) is 0 Å². The summed E-state index contributed by atoms with van der Waals surface area (Å²) in [6, 6.07) is 33.3. The van der Waals surface area contributed by atoms with Crippen molar-refractivity contribution in [1.82, 2.24) is 14.0 Å². The van der Waals surface area contributed by atoms with Crippen LogP contribution in [-0.4, -0.2) is 33.1 Å². The molecule has 0 fully saturated rings. The molecule has 3 aliphatic rings. The van der Waals surface area contributed by atoms with Crippen LogP contribution in [0.1, 0.15) is 25.7 Å². The number of benzene rings is 4. The van der Waals surface area contributed by atoms with Crippen molar-refractivity contribution in [2.75, 3.05) is 7.05 Å². The molecule has 4 aromatic carbocycles. The van der Waals surface area contributed by atoms with Crippen LogP contribution in [0.4, 0.5) is 0 Å². The molecule has 0 radical (unpaired) electrons. The fraction of sp³-hybridized carbons (Fsp3) is 0.146. The van der Waals surface area contributed by atoms with E-state index in [1.54, 1.807) is 0 Å². The summed E-state index contributed by atoms with van der Waals surface area (Å²) in [5.74, 6) is 0.962. The van der Waals surface area contributed by atoms with E-state index in [9.17, 15) is 0 Å². The normalized spacial score (nSPS) is 18.5. The van der Waals surface area contributed by atoms with Crippen molar-refractivity contribution in [2.24, 2.45) is 4.99 Å². The summed E-state index contributed by atoms with van der Waals surface area (Å²) < 4.78 is 4.79. The Morgan fingerprint density at radius 3 is 2.00 bits per heavy atom. The zero-order chi connectivity index (χ0) is 29.9. The highest BCUT2D eigenvalue weighted by atomic mass is 15.3. The molecule has 0 N–H and O–H groups in total. The van der Waals surface area contributed by atoms with E-state index in [1.807, 2.05) is 0 Å². The topological polar surface area (TPSA) is 25.5 Å². The lowest BCUT2D eigenvalue weighted by molar-refractivity contribution is 0.450. The lowest BCUT2D eigenvalue weighted by Gasteiger charge is -2.35. The monoisotopic (exact) mass is 582 g/mol. The van der Waals surface area contributed by atoms with Gasteiger partial charge in [0.05, 0.1) is 33.8 Å². The Morgan fingerprint density at radius 1 is 0.667 bits per heavy atom. The molecule has 1 atom stereocenters. The summed E-state index contributed by atoms with van der Waals surface area (Å²) in [6.07, 6.45) is 20.3. The molecule has 2 aliphatic carbocycles. The van der Waals surface area contributed by atoms with Crippen molar-refractivity contribution in [3.8, 4) is 5.69 Å². The Bertz CT molecular complexity index is 2300. The SMILES string of the molecule is CN1C(n2c3ccccc3c3cc(-n4c5ccccc5c5ccccc54)ccc32)=NC(C2=CC=CCC2)=CC1C1=CCCC=C1. The van der Waals surface area contributed by atoms with Crippen LogP contribution in [0.3, 0.4) is 0 Å². The van der Waals surface area contributed by atoms with Gasteiger partial charge in [-0.3, -0.25) is 4.57 Å². The number of para-hydroxylation sites is 3. The quantitative estimate of drug-likeness (QED) is 0.204. The average Bonchev–Trinajstić information content (AvgIpc) is 3.62. The number of hydrogen-bond acceptors (Lipinski definition) is 2. The van der Waals surface area contributed by atoms with Crippen molar-refractivity contribution in [3.63, 3.8) is 0 Å². The van der Waals surface area contributed by atoms with E-state index in [0.717, 1.165) is 48.5 Å². The van der Waals surface area contributed by atoms with Crippen molar-refractivity contribution >= 4 is 49.6 Å². The first-order valence-electron chi connectivity index (χ1n) is 16.0. The molecule has 0 saturated heterocycles. The van der Waals surface area contributed by atoms with Crippen LogP contribution in [0.15, 0.2) is 155 Å². The van der Waals surface area contributed by atoms with Gasteiger partial charge in [0.1, 0.15) is 0 Å². The van der Waals surface area contributed by atoms with Gasteiger partial charge in [0.25, 0.3) is 0 Å². The zero-order valence-electron chi connectivity index (χ0n) is 25.4. The predicted molar refractivity (Wildman–Crippen MR) is 189 cm³/mol. The van der Waals surface area contributed by atoms with Crippen molar-refractivity contribution in [3.05, 3.63) is 150 Å². The maximum absolute atomic E-state index is 5.44. The van der Waals surface area contributed by atoms with Crippen LogP contribution in [0.25, 0.3) is 49.3 Å². The molecule has 4 nitrogen and oxygen atoms in total. The number of aromatic nitrogens is 2. The molecule has 45 heavy (non-hydrogen) atoms. The van der Waals surface area contributed by atoms with E-state index >= 15 is 0 Å². The Balaban J connectivity index is 1.28. The van der Waals surface area contributed by atoms with Gasteiger partial charge in [0.2, 0.25) is 5.96 Å². The van der Waals surface area contributed by atoms with Crippen LogP contribution in [0.5, 0.6) is 0 Å². The number of likely N-dealkylation sites (N-methyl/N-ethyl adjacent to an activating group) is 1. The Hall–Kier alpha value is -5.35. The molecule has 0 bridgehead atoms. The Kier molecular flexibility index (Phi) is 6.02. The van der Waals surface area contributed by atoms with E-state index < -0.39 is 0 Å². The molecule has 1 aliphatic heterocycles. The molecule has 6 aromatic rings. The number of aliphatic imine (C=N–C) groups is 1. The van der Waals surface area contributed by atoms with Gasteiger partial charge in [0.15, 0.2) is 0 Å². The van der Waals surface area contributed by atoms with Gasteiger partial charge in [0, 0.05) is 34.3 Å². The van der Waals surface area contributed by atoms with Crippen LogP contribution in [-0.2, 0) is 0 Å². The first kappa shape index (κ1) is 26.1. The lowest BCUT2D eigenvalue weighted by atomic mass is 9.94. The van der Waals surface area contributed by atoms with Gasteiger partial charge in [-0.15, -0.1) is 0 Å². The smallest absolute Gasteiger partial charge is 0.211 e. The third-order valence-corrected chi connectivity index (χ3v) is 9.67. The minimum atomic E-state index is 0.115. The first-order chi connectivity index (χ1) is 22.3. The third kappa shape index (κ3) is 4.09. The molecule has 0 spiro atoms. The highest BCUT2D eigenvalue weighted by molar-refractivity contribution is 6.15. The number of allylic oxidation sites excluding steroid dienone is 6. The highest BCUT2D eigenvalue weighted by Crippen LogP contribution is 2.37. The van der Waals surface area contributed by atoms with Gasteiger partial charge in [-0.05, 0) is 79.3 Å². The largest absolute Gasteiger partial charge is 0.334 e. The predicted octanol–water partition coefficient (Wildman–Crippen LogP) is 9.85. The molecule has 1 unspecified atom stereocenters. The van der Waals surface area contributed by atoms with E-state index in [2.05, 4.69) is 155 Å². The molecular formula is C41H34N4. The lowest BCUT2D eigenvalue weighted by Crippen LogP contribution is -2.43. The minimum Gasteiger partial charge on any atom is -0.334 e. The van der Waals surface area contributed by atoms with Crippen LogP contribution >= 0.6 is 0 Å². The molecule has 2 aromatic heterocycles. The van der Waals surface area contributed by atoms with E-state index in [-0.39, 0.29) is 6.04 Å². The molecular weight excluding hydrogens is 548 g/mol. The summed E-state index contributed by atoms with van der Waals surface area (Å²) in [7, 11) is 2.20. The fourth-order valence-corrected chi connectivity index (χ4v) is 7.50. The van der Waals surface area contributed by atoms with Gasteiger partial charge in [-0.25, -0.2) is 4.99 Å². The summed E-state index contributed by atoms with van der Waals surface area (Å²) in [5.41, 5.74) is 9.68. The molecule has 0 saturated carbocycles. The Labute approximate surface area is 262 Å². The summed E-state index contributed by atoms with van der Waals surface area (Å²) in [6.45, 7) is 0.